The fourth-order valence-electron chi connectivity index (χ4n) is 1.88. The number of nitrogens with zero attached hydrogens (tertiary/aromatic N) is 1. The maximum Gasteiger partial charge on any atom is 0.258 e. The summed E-state index contributed by atoms with van der Waals surface area (Å²) in [6.07, 6.45) is 0. The molecule has 1 heterocycles. The summed E-state index contributed by atoms with van der Waals surface area (Å²) < 4.78 is 0. The van der Waals surface area contributed by atoms with Crippen LogP contribution in [0.4, 0.5) is 5.13 Å². The number of hydrogen-bond donors (Lipinski definition) is 1. The second-order valence-corrected chi connectivity index (χ2v) is 5.60. The molecule has 3 nitrogen and oxygen atoms in total. The van der Waals surface area contributed by atoms with Crippen molar-refractivity contribution in [3.05, 3.63) is 70.6 Å². The van der Waals surface area contributed by atoms with Gasteiger partial charge in [0.1, 0.15) is 0 Å². The topological polar surface area (TPSA) is 42.0 Å². The van der Waals surface area contributed by atoms with E-state index in [9.17, 15) is 4.79 Å². The first kappa shape index (κ1) is 13.8. The van der Waals surface area contributed by atoms with E-state index in [0.717, 1.165) is 11.3 Å². The highest BCUT2D eigenvalue weighted by Crippen LogP contribution is 2.25. The van der Waals surface area contributed by atoms with Gasteiger partial charge in [-0.1, -0.05) is 54.1 Å². The van der Waals surface area contributed by atoms with Crippen LogP contribution in [0.15, 0.2) is 60.0 Å². The SMILES string of the molecule is O=C(Nc1nc(-c2ccccc2)cs1)c1ccccc1Cl. The van der Waals surface area contributed by atoms with Gasteiger partial charge in [-0.25, -0.2) is 4.98 Å². The summed E-state index contributed by atoms with van der Waals surface area (Å²) in [5.74, 6) is -0.255. The first-order valence-electron chi connectivity index (χ1n) is 6.31. The predicted molar refractivity (Wildman–Crippen MR) is 87.0 cm³/mol. The van der Waals surface area contributed by atoms with Crippen LogP contribution in [-0.4, -0.2) is 10.9 Å². The van der Waals surface area contributed by atoms with Gasteiger partial charge >= 0.3 is 0 Å². The van der Waals surface area contributed by atoms with Gasteiger partial charge in [-0.15, -0.1) is 11.3 Å². The highest BCUT2D eigenvalue weighted by molar-refractivity contribution is 7.14. The quantitative estimate of drug-likeness (QED) is 0.760. The Morgan fingerprint density at radius 2 is 1.76 bits per heavy atom. The summed E-state index contributed by atoms with van der Waals surface area (Å²) in [6, 6.07) is 16.8. The summed E-state index contributed by atoms with van der Waals surface area (Å²) >= 11 is 7.40. The van der Waals surface area contributed by atoms with Gasteiger partial charge in [0.2, 0.25) is 0 Å². The normalized spacial score (nSPS) is 10.3. The maximum atomic E-state index is 12.2. The lowest BCUT2D eigenvalue weighted by Gasteiger charge is -2.03. The highest BCUT2D eigenvalue weighted by Gasteiger charge is 2.12. The molecule has 21 heavy (non-hydrogen) atoms. The van der Waals surface area contributed by atoms with Crippen LogP contribution in [0.1, 0.15) is 10.4 Å². The van der Waals surface area contributed by atoms with Gasteiger partial charge in [0, 0.05) is 10.9 Å². The second kappa shape index (κ2) is 6.08. The molecule has 2 aromatic carbocycles. The van der Waals surface area contributed by atoms with Crippen molar-refractivity contribution in [2.24, 2.45) is 0 Å². The molecular formula is C16H11ClN2OS. The molecule has 0 unspecified atom stereocenters. The first-order valence-corrected chi connectivity index (χ1v) is 7.56. The third-order valence-corrected chi connectivity index (χ3v) is 4.00. The predicted octanol–water partition coefficient (Wildman–Crippen LogP) is 4.72. The number of hydrogen-bond acceptors (Lipinski definition) is 3. The molecular weight excluding hydrogens is 304 g/mol. The Labute approximate surface area is 131 Å². The first-order chi connectivity index (χ1) is 10.2. The number of nitrogens with one attached hydrogen (secondary N) is 1. The molecule has 104 valence electrons. The van der Waals surface area contributed by atoms with Crippen molar-refractivity contribution in [1.82, 2.24) is 4.98 Å². The fourth-order valence-corrected chi connectivity index (χ4v) is 2.82. The minimum absolute atomic E-state index is 0.255. The maximum absolute atomic E-state index is 12.2. The Morgan fingerprint density at radius 1 is 1.05 bits per heavy atom. The van der Waals surface area contributed by atoms with Gasteiger partial charge in [-0.05, 0) is 12.1 Å². The lowest BCUT2D eigenvalue weighted by atomic mass is 10.2. The molecule has 0 atom stereocenters. The minimum Gasteiger partial charge on any atom is -0.298 e. The zero-order chi connectivity index (χ0) is 14.7. The summed E-state index contributed by atoms with van der Waals surface area (Å²) in [7, 11) is 0. The number of carbonyl (C=O) groups excluding carboxylic acids is 1. The van der Waals surface area contributed by atoms with E-state index in [1.54, 1.807) is 24.3 Å². The van der Waals surface area contributed by atoms with E-state index >= 15 is 0 Å². The minimum atomic E-state index is -0.255. The number of thiazole rings is 1. The Morgan fingerprint density at radius 3 is 2.52 bits per heavy atom. The summed E-state index contributed by atoms with van der Waals surface area (Å²) in [5.41, 5.74) is 2.30. The number of benzene rings is 2. The van der Waals surface area contributed by atoms with Crippen LogP contribution in [0.5, 0.6) is 0 Å². The zero-order valence-corrected chi connectivity index (χ0v) is 12.5. The van der Waals surface area contributed by atoms with E-state index in [1.807, 2.05) is 35.7 Å². The molecule has 0 bridgehead atoms. The second-order valence-electron chi connectivity index (χ2n) is 4.34. The van der Waals surface area contributed by atoms with Crippen molar-refractivity contribution < 1.29 is 4.79 Å². The average molecular weight is 315 g/mol. The van der Waals surface area contributed by atoms with E-state index in [0.29, 0.717) is 15.7 Å². The Bertz CT molecular complexity index is 771. The summed E-state index contributed by atoms with van der Waals surface area (Å²) in [6.45, 7) is 0. The number of carbonyl (C=O) groups is 1. The van der Waals surface area contributed by atoms with Gasteiger partial charge < -0.3 is 0 Å². The molecule has 0 aliphatic rings. The van der Waals surface area contributed by atoms with Crippen LogP contribution in [0, 0.1) is 0 Å². The summed E-state index contributed by atoms with van der Waals surface area (Å²) in [4.78, 5) is 16.6. The molecule has 3 rings (SSSR count). The number of halogens is 1. The molecule has 0 saturated carbocycles. The van der Waals surface area contributed by atoms with Crippen molar-refractivity contribution >= 4 is 34.0 Å². The van der Waals surface area contributed by atoms with Crippen LogP contribution < -0.4 is 5.32 Å². The monoisotopic (exact) mass is 314 g/mol. The van der Waals surface area contributed by atoms with Gasteiger partial charge in [-0.3, -0.25) is 10.1 Å². The van der Waals surface area contributed by atoms with E-state index in [2.05, 4.69) is 10.3 Å². The van der Waals surface area contributed by atoms with Crippen molar-refractivity contribution in [3.8, 4) is 11.3 Å². The molecule has 1 amide bonds. The number of aromatic nitrogens is 1. The third-order valence-electron chi connectivity index (χ3n) is 2.91. The van der Waals surface area contributed by atoms with Gasteiger partial charge in [-0.2, -0.15) is 0 Å². The smallest absolute Gasteiger partial charge is 0.258 e. The average Bonchev–Trinajstić information content (AvgIpc) is 2.97. The van der Waals surface area contributed by atoms with Crippen molar-refractivity contribution in [2.45, 2.75) is 0 Å². The zero-order valence-electron chi connectivity index (χ0n) is 10.9. The van der Waals surface area contributed by atoms with Crippen molar-refractivity contribution in [1.29, 1.82) is 0 Å². The molecule has 0 fully saturated rings. The van der Waals surface area contributed by atoms with Crippen LogP contribution in [0.25, 0.3) is 11.3 Å². The van der Waals surface area contributed by atoms with Crippen LogP contribution >= 0.6 is 22.9 Å². The third kappa shape index (κ3) is 3.12. The van der Waals surface area contributed by atoms with E-state index in [1.165, 1.54) is 11.3 Å². The standard InChI is InChI=1S/C16H11ClN2OS/c17-13-9-5-4-8-12(13)15(20)19-16-18-14(10-21-16)11-6-2-1-3-7-11/h1-10H,(H,18,19,20). The Hall–Kier alpha value is -2.17. The molecule has 5 heteroatoms. The van der Waals surface area contributed by atoms with Gasteiger partial charge in [0.15, 0.2) is 5.13 Å². The molecule has 0 aliphatic carbocycles. The van der Waals surface area contributed by atoms with E-state index in [-0.39, 0.29) is 5.91 Å². The van der Waals surface area contributed by atoms with Crippen LogP contribution in [0.2, 0.25) is 5.02 Å². The lowest BCUT2D eigenvalue weighted by Crippen LogP contribution is -2.12. The van der Waals surface area contributed by atoms with Crippen LogP contribution in [0.3, 0.4) is 0 Å². The van der Waals surface area contributed by atoms with Crippen molar-refractivity contribution in [2.75, 3.05) is 5.32 Å². The van der Waals surface area contributed by atoms with Gasteiger partial charge in [0.05, 0.1) is 16.3 Å². The van der Waals surface area contributed by atoms with Gasteiger partial charge in [0.25, 0.3) is 5.91 Å². The Kier molecular flexibility index (Phi) is 3.99. The van der Waals surface area contributed by atoms with E-state index < -0.39 is 0 Å². The Balaban J connectivity index is 1.79. The number of amides is 1. The molecule has 0 spiro atoms. The number of anilines is 1. The molecule has 1 aromatic heterocycles. The van der Waals surface area contributed by atoms with Crippen molar-refractivity contribution in [3.63, 3.8) is 0 Å². The molecule has 0 radical (unpaired) electrons. The largest absolute Gasteiger partial charge is 0.298 e. The number of rotatable bonds is 3. The highest BCUT2D eigenvalue weighted by atomic mass is 35.5. The van der Waals surface area contributed by atoms with E-state index in [4.69, 9.17) is 11.6 Å². The molecule has 0 saturated heterocycles. The summed E-state index contributed by atoms with van der Waals surface area (Å²) in [5, 5.41) is 5.67. The molecule has 0 aliphatic heterocycles. The van der Waals surface area contributed by atoms with Crippen LogP contribution in [-0.2, 0) is 0 Å². The molecule has 1 N–H and O–H groups in total. The molecule has 3 aromatic rings. The fraction of sp³-hybridized carbons (Fsp3) is 0. The lowest BCUT2D eigenvalue weighted by molar-refractivity contribution is 0.102.